The summed E-state index contributed by atoms with van der Waals surface area (Å²) in [6.45, 7) is 27.0. The van der Waals surface area contributed by atoms with Crippen molar-refractivity contribution in [3.05, 3.63) is 0 Å². The van der Waals surface area contributed by atoms with Crippen molar-refractivity contribution in [1.82, 2.24) is 0 Å². The predicted octanol–water partition coefficient (Wildman–Crippen LogP) is 7.54. The largest absolute Gasteiger partial charge is 0.499 e. The maximum absolute atomic E-state index is 9.76. The van der Waals surface area contributed by atoms with E-state index in [0.29, 0.717) is 6.04 Å². The fourth-order valence-electron chi connectivity index (χ4n) is 6.68. The highest BCUT2D eigenvalue weighted by atomic mass is 28.5. The summed E-state index contributed by atoms with van der Waals surface area (Å²) in [6.07, 6.45) is 7.16. The van der Waals surface area contributed by atoms with Gasteiger partial charge in [0.1, 0.15) is 8.07 Å². The van der Waals surface area contributed by atoms with E-state index in [1.165, 1.54) is 38.5 Å². The van der Waals surface area contributed by atoms with E-state index in [0.717, 1.165) is 30.2 Å². The van der Waals surface area contributed by atoms with E-state index in [4.69, 9.17) is 29.7 Å². The summed E-state index contributed by atoms with van der Waals surface area (Å²) < 4.78 is 44.0. The van der Waals surface area contributed by atoms with Crippen molar-refractivity contribution in [3.8, 4) is 0 Å². The molecule has 10 nitrogen and oxygen atoms in total. The lowest BCUT2D eigenvalue weighted by Gasteiger charge is -2.39. The van der Waals surface area contributed by atoms with Gasteiger partial charge in [-0.1, -0.05) is 44.6 Å². The van der Waals surface area contributed by atoms with Crippen molar-refractivity contribution >= 4 is 67.3 Å². The molecule has 0 aromatic heterocycles. The van der Waals surface area contributed by atoms with Gasteiger partial charge in [-0.05, 0) is 103 Å². The molecule has 0 heterocycles. The van der Waals surface area contributed by atoms with Crippen LogP contribution in [-0.2, 0) is 29.7 Å². The van der Waals surface area contributed by atoms with Gasteiger partial charge in [0, 0.05) is 46.1 Å². The molecule has 0 fully saturated rings. The first-order valence-electron chi connectivity index (χ1n) is 18.1. The molecule has 48 heavy (non-hydrogen) atoms. The molecule has 3 N–H and O–H groups in total. The molecule has 0 atom stereocenters. The molecule has 0 bridgehead atoms. The molecule has 0 spiro atoms. The predicted molar refractivity (Wildman–Crippen MR) is 220 cm³/mol. The van der Waals surface area contributed by atoms with Crippen LogP contribution in [0.2, 0.25) is 115 Å². The molecule has 0 rings (SSSR count). The summed E-state index contributed by atoms with van der Waals surface area (Å²) in [6, 6.07) is 5.49. The van der Waals surface area contributed by atoms with Crippen LogP contribution in [0.1, 0.15) is 38.5 Å². The van der Waals surface area contributed by atoms with Crippen LogP contribution < -0.4 is 0 Å². The Morgan fingerprint density at radius 1 is 0.354 bits per heavy atom. The molecule has 18 heteroatoms. The van der Waals surface area contributed by atoms with E-state index in [1.54, 1.807) is 21.3 Å². The molecule has 0 aliphatic heterocycles. The first-order chi connectivity index (χ1) is 21.8. The van der Waals surface area contributed by atoms with E-state index in [9.17, 15) is 15.3 Å². The molecule has 0 aromatic rings. The SMILES string of the molecule is CO[Si](CC[Si](C)(C)O[Si](C)(C)O[Si](C)(C)CCCCCCCC[Si](C)(C)O[Si](C)(C)O[Si](C)(C)CC[Si](CO)(CO)CO)(OC)OC. The Balaban J connectivity index is 4.56. The van der Waals surface area contributed by atoms with Crippen LogP contribution in [0, 0.1) is 0 Å². The Kier molecular flexibility index (Phi) is 21.9. The minimum atomic E-state index is -2.61. The second-order valence-electron chi connectivity index (χ2n) is 17.1. The molecule has 0 amide bonds. The Hall–Kier alpha value is 1.34. The average Bonchev–Trinajstić information content (AvgIpc) is 2.94. The van der Waals surface area contributed by atoms with Gasteiger partial charge in [-0.2, -0.15) is 0 Å². The molecule has 0 saturated carbocycles. The highest BCUT2D eigenvalue weighted by molar-refractivity contribution is 6.89. The summed E-state index contributed by atoms with van der Waals surface area (Å²) in [4.78, 5) is 0. The van der Waals surface area contributed by atoms with Crippen LogP contribution in [0.15, 0.2) is 0 Å². The van der Waals surface area contributed by atoms with Crippen LogP contribution in [0.4, 0.5) is 0 Å². The lowest BCUT2D eigenvalue weighted by atomic mass is 10.1. The van der Waals surface area contributed by atoms with Gasteiger partial charge in [-0.25, -0.2) is 0 Å². The smallest absolute Gasteiger partial charge is 0.437 e. The molecule has 0 aliphatic rings. The topological polar surface area (TPSA) is 125 Å². The van der Waals surface area contributed by atoms with E-state index in [1.807, 2.05) is 0 Å². The zero-order chi connectivity index (χ0) is 37.6. The molecule has 0 radical (unpaired) electrons. The molecule has 0 saturated heterocycles. The third-order valence-electron chi connectivity index (χ3n) is 9.13. The Labute approximate surface area is 304 Å². The highest BCUT2D eigenvalue weighted by Crippen LogP contribution is 2.30. The summed E-state index contributed by atoms with van der Waals surface area (Å²) in [5, 5.41) is 29.3. The van der Waals surface area contributed by atoms with Crippen LogP contribution in [0.25, 0.3) is 0 Å². The Morgan fingerprint density at radius 3 is 0.917 bits per heavy atom. The molecule has 290 valence electrons. The second kappa shape index (κ2) is 21.3. The van der Waals surface area contributed by atoms with E-state index < -0.39 is 67.3 Å². The molecule has 0 unspecified atom stereocenters. The quantitative estimate of drug-likeness (QED) is 0.0515. The van der Waals surface area contributed by atoms with E-state index >= 15 is 0 Å². The van der Waals surface area contributed by atoms with E-state index in [-0.39, 0.29) is 18.7 Å². The minimum Gasteiger partial charge on any atom is -0.437 e. The number of unbranched alkanes of at least 4 members (excludes halogenated alkanes) is 5. The van der Waals surface area contributed by atoms with Crippen LogP contribution in [0.5, 0.6) is 0 Å². The number of rotatable bonds is 29. The van der Waals surface area contributed by atoms with Crippen LogP contribution in [-0.4, -0.2) is 123 Å². The second-order valence-corrected chi connectivity index (χ2v) is 49.6. The third kappa shape index (κ3) is 20.5. The maximum atomic E-state index is 9.76. The first-order valence-corrected chi connectivity index (χ1v) is 41.0. The lowest BCUT2D eigenvalue weighted by Crippen LogP contribution is -2.54. The molecule has 0 aliphatic carbocycles. The van der Waals surface area contributed by atoms with Crippen molar-refractivity contribution in [2.45, 2.75) is 153 Å². The van der Waals surface area contributed by atoms with Gasteiger partial charge in [0.25, 0.3) is 0 Å². The summed E-state index contributed by atoms with van der Waals surface area (Å²) in [7, 11) is -12.4. The summed E-state index contributed by atoms with van der Waals surface area (Å²) in [5.41, 5.74) is 0. The third-order valence-corrected chi connectivity index (χ3v) is 38.9. The normalized spacial score (nSPS) is 14.6. The number of aliphatic hydroxyl groups is 3. The van der Waals surface area contributed by atoms with Gasteiger partial charge in [-0.3, -0.25) is 0 Å². The lowest BCUT2D eigenvalue weighted by molar-refractivity contribution is 0.124. The molecular formula is C30H78O10Si8. The van der Waals surface area contributed by atoms with Gasteiger partial charge in [0.05, 0.1) is 0 Å². The minimum absolute atomic E-state index is 0.0882. The van der Waals surface area contributed by atoms with Gasteiger partial charge >= 0.3 is 25.9 Å². The first kappa shape index (κ1) is 49.3. The maximum Gasteiger partial charge on any atom is 0.499 e. The molecular weight excluding hydrogens is 745 g/mol. The zero-order valence-corrected chi connectivity index (χ0v) is 41.8. The van der Waals surface area contributed by atoms with Crippen LogP contribution in [0.3, 0.4) is 0 Å². The Bertz CT molecular complexity index is 799. The average molecular weight is 824 g/mol. The number of hydrogen-bond acceptors (Lipinski definition) is 10. The fraction of sp³-hybridized carbons (Fsp3) is 1.00. The van der Waals surface area contributed by atoms with Crippen molar-refractivity contribution in [3.63, 3.8) is 0 Å². The summed E-state index contributed by atoms with van der Waals surface area (Å²) >= 11 is 0. The number of hydrogen-bond donors (Lipinski definition) is 3. The standard InChI is InChI=1S/C30H78O10Si8/c1-34-48(35-2,36-3)27-25-44(10,11)40-46(14,15)38-42(6,7)23-21-19-17-16-18-20-22-41(4,5)37-45(12,13)39-43(8,9)24-26-47(28-31,29-32)30-33/h31-33H,16-30H2,1-15H3. The van der Waals surface area contributed by atoms with Crippen molar-refractivity contribution in [1.29, 1.82) is 0 Å². The van der Waals surface area contributed by atoms with Gasteiger partial charge in [0.2, 0.25) is 0 Å². The van der Waals surface area contributed by atoms with Crippen molar-refractivity contribution in [2.24, 2.45) is 0 Å². The zero-order valence-electron chi connectivity index (χ0n) is 33.8. The fourth-order valence-corrected chi connectivity index (χ4v) is 42.9. The van der Waals surface area contributed by atoms with Gasteiger partial charge < -0.3 is 45.1 Å². The van der Waals surface area contributed by atoms with Gasteiger partial charge in [0.15, 0.2) is 33.3 Å². The van der Waals surface area contributed by atoms with E-state index in [2.05, 4.69) is 78.6 Å². The number of aliphatic hydroxyl groups excluding tert-OH is 3. The summed E-state index contributed by atoms with van der Waals surface area (Å²) in [5.74, 6) is 0. The van der Waals surface area contributed by atoms with Crippen molar-refractivity contribution < 1.29 is 45.1 Å². The van der Waals surface area contributed by atoms with Crippen molar-refractivity contribution in [2.75, 3.05) is 40.0 Å². The molecule has 0 aromatic carbocycles. The monoisotopic (exact) mass is 822 g/mol. The Morgan fingerprint density at radius 2 is 0.625 bits per heavy atom. The van der Waals surface area contributed by atoms with Gasteiger partial charge in [-0.15, -0.1) is 0 Å². The highest BCUT2D eigenvalue weighted by Gasteiger charge is 2.44. The van der Waals surface area contributed by atoms with Crippen LogP contribution >= 0.6 is 0 Å².